The molecule has 1 aliphatic rings. The number of likely N-dealkylation sites (N-methyl/N-ethyl adjacent to an activating group) is 1. The van der Waals surface area contributed by atoms with Crippen LogP contribution in [0.1, 0.15) is 12.0 Å². The molecule has 9 heteroatoms. The zero-order valence-electron chi connectivity index (χ0n) is 11.2. The molecule has 0 aliphatic carbocycles. The Morgan fingerprint density at radius 3 is 2.24 bits per heavy atom. The molecule has 0 aromatic heterocycles. The molecule has 1 aromatic rings. The van der Waals surface area contributed by atoms with E-state index >= 15 is 0 Å². The van der Waals surface area contributed by atoms with E-state index in [0.29, 0.717) is 19.5 Å². The molecule has 1 aliphatic heterocycles. The number of alkyl halides is 3. The quantitative estimate of drug-likeness (QED) is 0.913. The van der Waals surface area contributed by atoms with Crippen molar-refractivity contribution in [3.05, 3.63) is 29.8 Å². The van der Waals surface area contributed by atoms with E-state index in [1.165, 1.54) is 4.31 Å². The molecule has 1 atom stereocenters. The van der Waals surface area contributed by atoms with E-state index in [1.807, 2.05) is 0 Å². The predicted octanol–water partition coefficient (Wildman–Crippen LogP) is 2.11. The van der Waals surface area contributed by atoms with Gasteiger partial charge in [0.2, 0.25) is 10.0 Å². The highest BCUT2D eigenvalue weighted by Gasteiger charge is 2.34. The van der Waals surface area contributed by atoms with Crippen molar-refractivity contribution in [3.63, 3.8) is 0 Å². The molecule has 0 saturated carbocycles. The molecule has 0 unspecified atom stereocenters. The molecule has 1 N–H and O–H groups in total. The summed E-state index contributed by atoms with van der Waals surface area (Å²) in [5, 5.41) is 2.99. The van der Waals surface area contributed by atoms with Crippen molar-refractivity contribution in [2.45, 2.75) is 23.5 Å². The van der Waals surface area contributed by atoms with Crippen molar-refractivity contribution in [2.75, 3.05) is 20.1 Å². The fraction of sp³-hybridized carbons (Fsp3) is 0.500. The van der Waals surface area contributed by atoms with Gasteiger partial charge in [-0.05, 0) is 37.7 Å². The minimum Gasteiger partial charge on any atom is -0.316 e. The highest BCUT2D eigenvalue weighted by Crippen LogP contribution is 2.30. The van der Waals surface area contributed by atoms with E-state index in [9.17, 15) is 21.6 Å². The van der Waals surface area contributed by atoms with Crippen LogP contribution in [0.2, 0.25) is 0 Å². The summed E-state index contributed by atoms with van der Waals surface area (Å²) in [7, 11) is -1.97. The molecule has 2 rings (SSSR count). The lowest BCUT2D eigenvalue weighted by atomic mass is 10.2. The van der Waals surface area contributed by atoms with Crippen LogP contribution in [0.15, 0.2) is 29.2 Å². The van der Waals surface area contributed by atoms with Crippen molar-refractivity contribution < 1.29 is 21.6 Å². The molecule has 1 fully saturated rings. The Kier molecular flexibility index (Phi) is 5.65. The molecule has 21 heavy (non-hydrogen) atoms. The first-order valence-electron chi connectivity index (χ1n) is 6.10. The van der Waals surface area contributed by atoms with Gasteiger partial charge in [0.1, 0.15) is 0 Å². The molecule has 4 nitrogen and oxygen atoms in total. The van der Waals surface area contributed by atoms with Crippen LogP contribution in [0.25, 0.3) is 0 Å². The zero-order chi connectivity index (χ0) is 15.0. The molecule has 1 heterocycles. The lowest BCUT2D eigenvalue weighted by molar-refractivity contribution is -0.137. The van der Waals surface area contributed by atoms with Gasteiger partial charge < -0.3 is 5.32 Å². The fourth-order valence-corrected chi connectivity index (χ4v) is 3.65. The molecule has 0 bridgehead atoms. The highest BCUT2D eigenvalue weighted by molar-refractivity contribution is 7.89. The maximum absolute atomic E-state index is 12.4. The average molecular weight is 345 g/mol. The Morgan fingerprint density at radius 1 is 1.24 bits per heavy atom. The van der Waals surface area contributed by atoms with Gasteiger partial charge >= 0.3 is 6.18 Å². The Morgan fingerprint density at radius 2 is 1.81 bits per heavy atom. The van der Waals surface area contributed by atoms with Crippen LogP contribution >= 0.6 is 12.4 Å². The second-order valence-electron chi connectivity index (χ2n) is 4.66. The summed E-state index contributed by atoms with van der Waals surface area (Å²) in [4.78, 5) is -0.109. The van der Waals surface area contributed by atoms with E-state index in [0.717, 1.165) is 24.3 Å². The molecule has 120 valence electrons. The topological polar surface area (TPSA) is 49.4 Å². The van der Waals surface area contributed by atoms with E-state index in [-0.39, 0.29) is 23.3 Å². The summed E-state index contributed by atoms with van der Waals surface area (Å²) in [6, 6.07) is 3.67. The second kappa shape index (κ2) is 6.51. The normalized spacial score (nSPS) is 20.3. The second-order valence-corrected chi connectivity index (χ2v) is 6.60. The summed E-state index contributed by atoms with van der Waals surface area (Å²) in [5.41, 5.74) is -0.856. The first-order chi connectivity index (χ1) is 9.25. The molecular weight excluding hydrogens is 329 g/mol. The minimum absolute atomic E-state index is 0. The minimum atomic E-state index is -4.47. The third-order valence-electron chi connectivity index (χ3n) is 3.38. The largest absolute Gasteiger partial charge is 0.416 e. The van der Waals surface area contributed by atoms with E-state index in [1.54, 1.807) is 7.05 Å². The lowest BCUT2D eigenvalue weighted by Crippen LogP contribution is -2.33. The lowest BCUT2D eigenvalue weighted by Gasteiger charge is -2.17. The fourth-order valence-electron chi connectivity index (χ4n) is 2.15. The highest BCUT2D eigenvalue weighted by atomic mass is 35.5. The number of hydrogen-bond acceptors (Lipinski definition) is 3. The maximum atomic E-state index is 12.4. The first-order valence-corrected chi connectivity index (χ1v) is 7.54. The van der Waals surface area contributed by atoms with E-state index < -0.39 is 21.8 Å². The zero-order valence-corrected chi connectivity index (χ0v) is 12.9. The number of sulfonamides is 1. The van der Waals surface area contributed by atoms with Crippen LogP contribution in [-0.4, -0.2) is 38.9 Å². The van der Waals surface area contributed by atoms with Gasteiger partial charge in [-0.15, -0.1) is 12.4 Å². The van der Waals surface area contributed by atoms with Gasteiger partial charge in [0.15, 0.2) is 0 Å². The average Bonchev–Trinajstić information content (AvgIpc) is 2.87. The van der Waals surface area contributed by atoms with Gasteiger partial charge in [-0.25, -0.2) is 8.42 Å². The van der Waals surface area contributed by atoms with Crippen LogP contribution in [0.5, 0.6) is 0 Å². The predicted molar refractivity (Wildman–Crippen MR) is 74.9 cm³/mol. The van der Waals surface area contributed by atoms with Crippen molar-refractivity contribution in [3.8, 4) is 0 Å². The number of nitrogens with one attached hydrogen (secondary N) is 1. The maximum Gasteiger partial charge on any atom is 0.416 e. The molecule has 0 spiro atoms. The van der Waals surface area contributed by atoms with Crippen molar-refractivity contribution in [1.82, 2.24) is 9.62 Å². The Balaban J connectivity index is 0.00000220. The van der Waals surface area contributed by atoms with Gasteiger partial charge in [0.05, 0.1) is 10.5 Å². The number of hydrogen-bond donors (Lipinski definition) is 1. The van der Waals surface area contributed by atoms with Crippen LogP contribution in [-0.2, 0) is 16.2 Å². The Labute approximate surface area is 127 Å². The molecular formula is C12H16ClF3N2O2S. The van der Waals surface area contributed by atoms with Gasteiger partial charge in [-0.2, -0.15) is 17.5 Å². The van der Waals surface area contributed by atoms with Crippen LogP contribution in [0.3, 0.4) is 0 Å². The van der Waals surface area contributed by atoms with Crippen LogP contribution in [0, 0.1) is 0 Å². The standard InChI is InChI=1S/C12H15F3N2O2S.ClH/c1-16-10-6-7-17(8-10)20(18,19)11-4-2-9(3-5-11)12(13,14)15;/h2-5,10,16H,6-8H2,1H3;1H/t10-;/m0./s1. The van der Waals surface area contributed by atoms with Crippen LogP contribution in [0.4, 0.5) is 13.2 Å². The smallest absolute Gasteiger partial charge is 0.316 e. The van der Waals surface area contributed by atoms with Crippen molar-refractivity contribution in [1.29, 1.82) is 0 Å². The van der Waals surface area contributed by atoms with E-state index in [4.69, 9.17) is 0 Å². The summed E-state index contributed by atoms with van der Waals surface area (Å²) in [5.74, 6) is 0. The first kappa shape index (κ1) is 18.2. The summed E-state index contributed by atoms with van der Waals surface area (Å²) < 4.78 is 63.2. The van der Waals surface area contributed by atoms with Crippen molar-refractivity contribution in [2.24, 2.45) is 0 Å². The number of rotatable bonds is 3. The summed E-state index contributed by atoms with van der Waals surface area (Å²) in [6.07, 6.45) is -3.77. The molecule has 1 saturated heterocycles. The third kappa shape index (κ3) is 3.88. The van der Waals surface area contributed by atoms with Crippen LogP contribution < -0.4 is 5.32 Å². The van der Waals surface area contributed by atoms with E-state index in [2.05, 4.69) is 5.32 Å². The number of benzene rings is 1. The molecule has 0 radical (unpaired) electrons. The van der Waals surface area contributed by atoms with Gasteiger partial charge in [-0.1, -0.05) is 0 Å². The molecule has 0 amide bonds. The molecule has 1 aromatic carbocycles. The number of nitrogens with zero attached hydrogens (tertiary/aromatic N) is 1. The summed E-state index contributed by atoms with van der Waals surface area (Å²) in [6.45, 7) is 0.703. The number of halogens is 4. The van der Waals surface area contributed by atoms with Gasteiger partial charge in [-0.3, -0.25) is 0 Å². The van der Waals surface area contributed by atoms with Gasteiger partial charge in [0, 0.05) is 19.1 Å². The summed E-state index contributed by atoms with van der Waals surface area (Å²) >= 11 is 0. The Hall–Kier alpha value is -0.830. The Bertz CT molecular complexity index is 575. The van der Waals surface area contributed by atoms with Crippen molar-refractivity contribution >= 4 is 22.4 Å². The monoisotopic (exact) mass is 344 g/mol. The SMILES string of the molecule is CN[C@H]1CCN(S(=O)(=O)c2ccc(C(F)(F)F)cc2)C1.Cl. The van der Waals surface area contributed by atoms with Gasteiger partial charge in [0.25, 0.3) is 0 Å². The third-order valence-corrected chi connectivity index (χ3v) is 5.26.